The Hall–Kier alpha value is -1.58. The number of aromatic nitrogens is 3. The molecule has 2 heterocycles. The van der Waals surface area contributed by atoms with Crippen LogP contribution in [0.5, 0.6) is 0 Å². The Kier molecular flexibility index (Phi) is 7.53. The Labute approximate surface area is 154 Å². The van der Waals surface area contributed by atoms with Crippen molar-refractivity contribution in [3.8, 4) is 0 Å². The molecule has 0 atom stereocenters. The molecular formula is C15H25IN6O. The van der Waals surface area contributed by atoms with Crippen LogP contribution >= 0.6 is 24.0 Å². The van der Waals surface area contributed by atoms with E-state index in [1.165, 1.54) is 0 Å². The van der Waals surface area contributed by atoms with Gasteiger partial charge in [0.2, 0.25) is 0 Å². The highest BCUT2D eigenvalue weighted by Crippen LogP contribution is 2.12. The van der Waals surface area contributed by atoms with Crippen molar-refractivity contribution in [3.05, 3.63) is 35.0 Å². The molecule has 0 amide bonds. The van der Waals surface area contributed by atoms with Crippen LogP contribution in [0.4, 0.5) is 0 Å². The number of nitrogens with zero attached hydrogens (tertiary/aromatic N) is 5. The van der Waals surface area contributed by atoms with Crippen LogP contribution in [0, 0.1) is 13.8 Å². The van der Waals surface area contributed by atoms with Crippen LogP contribution in [0.15, 0.2) is 21.9 Å². The highest BCUT2D eigenvalue weighted by Gasteiger charge is 2.11. The van der Waals surface area contributed by atoms with Crippen molar-refractivity contribution in [1.82, 2.24) is 25.2 Å². The second-order valence-electron chi connectivity index (χ2n) is 5.41. The van der Waals surface area contributed by atoms with Crippen LogP contribution in [-0.4, -0.2) is 46.4 Å². The van der Waals surface area contributed by atoms with E-state index in [-0.39, 0.29) is 24.0 Å². The van der Waals surface area contributed by atoms with Gasteiger partial charge in [0.1, 0.15) is 5.76 Å². The molecule has 0 radical (unpaired) electrons. The van der Waals surface area contributed by atoms with Crippen LogP contribution in [0.25, 0.3) is 0 Å². The Morgan fingerprint density at radius 3 is 2.70 bits per heavy atom. The number of halogens is 1. The van der Waals surface area contributed by atoms with E-state index in [4.69, 9.17) is 4.52 Å². The number of rotatable bonds is 5. The summed E-state index contributed by atoms with van der Waals surface area (Å²) >= 11 is 0. The molecule has 2 aromatic rings. The second-order valence-corrected chi connectivity index (χ2v) is 5.41. The van der Waals surface area contributed by atoms with Crippen LogP contribution in [0.1, 0.15) is 22.6 Å². The molecule has 0 aliphatic heterocycles. The molecule has 0 fully saturated rings. The number of guanidine groups is 1. The van der Waals surface area contributed by atoms with Gasteiger partial charge in [0, 0.05) is 51.6 Å². The van der Waals surface area contributed by atoms with E-state index in [0.717, 1.165) is 48.1 Å². The Morgan fingerprint density at radius 2 is 2.17 bits per heavy atom. The first kappa shape index (κ1) is 19.5. The van der Waals surface area contributed by atoms with E-state index in [1.54, 1.807) is 11.7 Å². The van der Waals surface area contributed by atoms with Crippen molar-refractivity contribution in [3.63, 3.8) is 0 Å². The lowest BCUT2D eigenvalue weighted by Gasteiger charge is -2.21. The number of aliphatic imine (C=N–C) groups is 1. The summed E-state index contributed by atoms with van der Waals surface area (Å²) in [6.07, 6.45) is 4.74. The summed E-state index contributed by atoms with van der Waals surface area (Å²) in [6, 6.07) is 0. The van der Waals surface area contributed by atoms with Crippen molar-refractivity contribution >= 4 is 29.9 Å². The third kappa shape index (κ3) is 5.22. The van der Waals surface area contributed by atoms with Crippen LogP contribution < -0.4 is 5.32 Å². The molecule has 0 aliphatic rings. The molecular weight excluding hydrogens is 407 g/mol. The first-order chi connectivity index (χ1) is 10.5. The molecule has 0 aromatic carbocycles. The zero-order valence-electron chi connectivity index (χ0n) is 14.3. The Bertz CT molecular complexity index is 629. The normalized spacial score (nSPS) is 11.3. The van der Waals surface area contributed by atoms with Gasteiger partial charge in [0.15, 0.2) is 5.96 Å². The number of nitrogens with one attached hydrogen (secondary N) is 1. The zero-order valence-corrected chi connectivity index (χ0v) is 16.7. The van der Waals surface area contributed by atoms with Crippen LogP contribution in [0.2, 0.25) is 0 Å². The molecule has 128 valence electrons. The smallest absolute Gasteiger partial charge is 0.193 e. The molecule has 0 saturated carbocycles. The quantitative estimate of drug-likeness (QED) is 0.444. The number of hydrogen-bond donors (Lipinski definition) is 1. The molecule has 0 aliphatic carbocycles. The molecule has 0 bridgehead atoms. The third-order valence-electron chi connectivity index (χ3n) is 3.59. The molecule has 2 rings (SSSR count). The lowest BCUT2D eigenvalue weighted by atomic mass is 10.1. The molecule has 0 spiro atoms. The molecule has 0 unspecified atom stereocenters. The van der Waals surface area contributed by atoms with E-state index in [1.807, 2.05) is 40.3 Å². The van der Waals surface area contributed by atoms with Crippen LogP contribution in [-0.2, 0) is 20.0 Å². The van der Waals surface area contributed by atoms with Crippen LogP contribution in [0.3, 0.4) is 0 Å². The second kappa shape index (κ2) is 8.90. The summed E-state index contributed by atoms with van der Waals surface area (Å²) in [6.45, 7) is 5.46. The molecule has 1 N–H and O–H groups in total. The zero-order chi connectivity index (χ0) is 16.1. The number of aryl methyl sites for hydroxylation is 3. The van der Waals surface area contributed by atoms with Gasteiger partial charge < -0.3 is 14.7 Å². The van der Waals surface area contributed by atoms with Gasteiger partial charge in [0.25, 0.3) is 0 Å². The summed E-state index contributed by atoms with van der Waals surface area (Å²) in [5, 5.41) is 11.5. The first-order valence-electron chi connectivity index (χ1n) is 7.32. The molecule has 0 saturated heterocycles. The number of hydrogen-bond acceptors (Lipinski definition) is 4. The molecule has 2 aromatic heterocycles. The topological polar surface area (TPSA) is 71.5 Å². The van der Waals surface area contributed by atoms with Gasteiger partial charge >= 0.3 is 0 Å². The maximum atomic E-state index is 5.18. The average molecular weight is 432 g/mol. The molecule has 8 heteroatoms. The standard InChI is InChI=1S/C15H24N6O.HI/c1-11-14(12(2)22-19-11)6-7-17-15(16-3)20(4)9-13-8-18-21(5)10-13;/h8,10H,6-7,9H2,1-5H3,(H,16,17);1H. The van der Waals surface area contributed by atoms with Gasteiger partial charge in [-0.25, -0.2) is 0 Å². The summed E-state index contributed by atoms with van der Waals surface area (Å²) in [4.78, 5) is 6.39. The fourth-order valence-electron chi connectivity index (χ4n) is 2.45. The summed E-state index contributed by atoms with van der Waals surface area (Å²) in [5.41, 5.74) is 3.27. The predicted octanol–water partition coefficient (Wildman–Crippen LogP) is 1.89. The largest absolute Gasteiger partial charge is 0.361 e. The lowest BCUT2D eigenvalue weighted by Crippen LogP contribution is -2.39. The predicted molar refractivity (Wildman–Crippen MR) is 101 cm³/mol. The fourth-order valence-corrected chi connectivity index (χ4v) is 2.45. The van der Waals surface area contributed by atoms with Gasteiger partial charge in [-0.15, -0.1) is 24.0 Å². The fraction of sp³-hybridized carbons (Fsp3) is 0.533. The van der Waals surface area contributed by atoms with Gasteiger partial charge in [-0.2, -0.15) is 5.10 Å². The minimum atomic E-state index is 0. The van der Waals surface area contributed by atoms with Crippen molar-refractivity contribution in [2.45, 2.75) is 26.8 Å². The van der Waals surface area contributed by atoms with E-state index >= 15 is 0 Å². The van der Waals surface area contributed by atoms with Crippen molar-refractivity contribution < 1.29 is 4.52 Å². The molecule has 7 nitrogen and oxygen atoms in total. The highest BCUT2D eigenvalue weighted by molar-refractivity contribution is 14.0. The SMILES string of the molecule is CN=C(NCCc1c(C)noc1C)N(C)Cc1cnn(C)c1.I. The van der Waals surface area contributed by atoms with E-state index in [0.29, 0.717) is 0 Å². The van der Waals surface area contributed by atoms with E-state index < -0.39 is 0 Å². The Morgan fingerprint density at radius 1 is 1.43 bits per heavy atom. The van der Waals surface area contributed by atoms with Crippen molar-refractivity contribution in [1.29, 1.82) is 0 Å². The average Bonchev–Trinajstić information content (AvgIpc) is 3.02. The van der Waals surface area contributed by atoms with Gasteiger partial charge in [-0.1, -0.05) is 5.16 Å². The minimum absolute atomic E-state index is 0. The Balaban J connectivity index is 0.00000264. The lowest BCUT2D eigenvalue weighted by molar-refractivity contribution is 0.392. The maximum Gasteiger partial charge on any atom is 0.193 e. The van der Waals surface area contributed by atoms with Crippen molar-refractivity contribution in [2.24, 2.45) is 12.0 Å². The van der Waals surface area contributed by atoms with Crippen molar-refractivity contribution in [2.75, 3.05) is 20.6 Å². The summed E-state index contributed by atoms with van der Waals surface area (Å²) < 4.78 is 6.98. The van der Waals surface area contributed by atoms with E-state index in [2.05, 4.69) is 25.5 Å². The van der Waals surface area contributed by atoms with Gasteiger partial charge in [0.05, 0.1) is 11.9 Å². The van der Waals surface area contributed by atoms with E-state index in [9.17, 15) is 0 Å². The minimum Gasteiger partial charge on any atom is -0.361 e. The monoisotopic (exact) mass is 432 g/mol. The maximum absolute atomic E-state index is 5.18. The first-order valence-corrected chi connectivity index (χ1v) is 7.32. The third-order valence-corrected chi connectivity index (χ3v) is 3.59. The molecule has 23 heavy (non-hydrogen) atoms. The highest BCUT2D eigenvalue weighted by atomic mass is 127. The van der Waals surface area contributed by atoms with Gasteiger partial charge in [-0.3, -0.25) is 9.67 Å². The summed E-state index contributed by atoms with van der Waals surface area (Å²) in [5.74, 6) is 1.74. The summed E-state index contributed by atoms with van der Waals surface area (Å²) in [7, 11) is 5.72. The van der Waals surface area contributed by atoms with Gasteiger partial charge in [-0.05, 0) is 20.3 Å².